The Labute approximate surface area is 191 Å². The van der Waals surface area contributed by atoms with Crippen molar-refractivity contribution in [1.29, 1.82) is 0 Å². The summed E-state index contributed by atoms with van der Waals surface area (Å²) in [4.78, 5) is 0. The molecule has 4 atom stereocenters. The van der Waals surface area contributed by atoms with Gasteiger partial charge in [0.05, 0.1) is 18.8 Å². The molecular weight excluding hydrogens is 460 g/mol. The Hall–Kier alpha value is -1.76. The second kappa shape index (κ2) is 10.9. The van der Waals surface area contributed by atoms with Gasteiger partial charge >= 0.3 is 0 Å². The molecule has 3 rings (SSSR count). The molecule has 0 amide bonds. The smallest absolute Gasteiger partial charge is 0.274 e. The number of benzene rings is 2. The molecule has 9 nitrogen and oxygen atoms in total. The highest BCUT2D eigenvalue weighted by molar-refractivity contribution is 7.87. The number of hydrogen-bond acceptors (Lipinski definition) is 7. The first-order valence-electron chi connectivity index (χ1n) is 10.1. The molecule has 0 radical (unpaired) electrons. The lowest BCUT2D eigenvalue weighted by atomic mass is 9.91. The fourth-order valence-corrected chi connectivity index (χ4v) is 4.08. The van der Waals surface area contributed by atoms with Crippen LogP contribution in [0.1, 0.15) is 29.2 Å². The molecule has 0 saturated carbocycles. The van der Waals surface area contributed by atoms with E-state index in [0.717, 1.165) is 11.1 Å². The van der Waals surface area contributed by atoms with Crippen molar-refractivity contribution in [2.24, 2.45) is 5.14 Å². The molecule has 11 heteroatoms. The van der Waals surface area contributed by atoms with Crippen LogP contribution in [0.5, 0.6) is 5.75 Å². The predicted octanol–water partition coefficient (Wildman–Crippen LogP) is 0.647. The summed E-state index contributed by atoms with van der Waals surface area (Å²) < 4.78 is 35.0. The van der Waals surface area contributed by atoms with E-state index in [-0.39, 0.29) is 26.2 Å². The zero-order valence-electron chi connectivity index (χ0n) is 17.2. The lowest BCUT2D eigenvalue weighted by Crippen LogP contribution is -2.44. The molecule has 0 aromatic heterocycles. The third kappa shape index (κ3) is 6.87. The second-order valence-electron chi connectivity index (χ2n) is 7.61. The number of rotatable bonds is 9. The molecule has 6 N–H and O–H groups in total. The Kier molecular flexibility index (Phi) is 8.48. The van der Waals surface area contributed by atoms with E-state index >= 15 is 0 Å². The first-order valence-corrected chi connectivity index (χ1v) is 12.0. The van der Waals surface area contributed by atoms with Gasteiger partial charge in [0.2, 0.25) is 0 Å². The van der Waals surface area contributed by atoms with Crippen molar-refractivity contribution in [3.05, 3.63) is 64.2 Å². The molecule has 1 fully saturated rings. The van der Waals surface area contributed by atoms with Crippen LogP contribution >= 0.6 is 11.6 Å². The number of halogens is 1. The van der Waals surface area contributed by atoms with E-state index in [2.05, 4.69) is 4.72 Å². The number of aliphatic hydroxyl groups excluding tert-OH is 3. The average Bonchev–Trinajstić information content (AvgIpc) is 2.75. The standard InChI is InChI=1S/C21H27ClN2O7S/c22-18-6-3-14(21-20(27)19(26)11-17(12-25)31-21)10-15(18)9-13-1-4-16(5-2-13)30-8-7-24-32(23,28)29/h1-6,10,17,19-21,24-27H,7-9,11-12H2,(H2,23,28,29)/t17-,19-,20+,21-/m0/s1. The highest BCUT2D eigenvalue weighted by Crippen LogP contribution is 2.34. The lowest BCUT2D eigenvalue weighted by Gasteiger charge is -2.37. The van der Waals surface area contributed by atoms with Crippen molar-refractivity contribution in [3.63, 3.8) is 0 Å². The van der Waals surface area contributed by atoms with Gasteiger partial charge in [0, 0.05) is 18.0 Å². The van der Waals surface area contributed by atoms with Gasteiger partial charge in [-0.2, -0.15) is 13.1 Å². The van der Waals surface area contributed by atoms with E-state index in [1.807, 2.05) is 18.2 Å². The first-order chi connectivity index (χ1) is 15.2. The van der Waals surface area contributed by atoms with E-state index < -0.39 is 34.6 Å². The molecule has 1 heterocycles. The zero-order valence-corrected chi connectivity index (χ0v) is 18.8. The molecule has 2 aromatic rings. The highest BCUT2D eigenvalue weighted by Gasteiger charge is 2.37. The molecule has 0 aliphatic carbocycles. The number of hydrogen-bond donors (Lipinski definition) is 5. The Morgan fingerprint density at radius 1 is 1.19 bits per heavy atom. The minimum atomic E-state index is -3.74. The average molecular weight is 487 g/mol. The van der Waals surface area contributed by atoms with Crippen LogP contribution in [0.25, 0.3) is 0 Å². The maximum atomic E-state index is 10.8. The molecule has 1 saturated heterocycles. The van der Waals surface area contributed by atoms with Gasteiger partial charge in [0.25, 0.3) is 10.2 Å². The van der Waals surface area contributed by atoms with Gasteiger partial charge < -0.3 is 24.8 Å². The fraction of sp³-hybridized carbons (Fsp3) is 0.429. The molecule has 0 bridgehead atoms. The molecule has 0 unspecified atom stereocenters. The van der Waals surface area contributed by atoms with Gasteiger partial charge in [-0.05, 0) is 41.3 Å². The van der Waals surface area contributed by atoms with E-state index in [0.29, 0.717) is 22.8 Å². The summed E-state index contributed by atoms with van der Waals surface area (Å²) in [6.45, 7) is -0.0504. The monoisotopic (exact) mass is 486 g/mol. The first kappa shape index (κ1) is 24.9. The van der Waals surface area contributed by atoms with E-state index in [4.69, 9.17) is 26.2 Å². The quantitative estimate of drug-likeness (QED) is 0.326. The summed E-state index contributed by atoms with van der Waals surface area (Å²) >= 11 is 6.37. The Morgan fingerprint density at radius 2 is 1.91 bits per heavy atom. The second-order valence-corrected chi connectivity index (χ2v) is 9.40. The molecule has 2 aromatic carbocycles. The van der Waals surface area contributed by atoms with Crippen LogP contribution in [0.15, 0.2) is 42.5 Å². The summed E-state index contributed by atoms with van der Waals surface area (Å²) in [7, 11) is -3.74. The van der Waals surface area contributed by atoms with Gasteiger partial charge in [-0.3, -0.25) is 0 Å². The van der Waals surface area contributed by atoms with Gasteiger partial charge in [0.1, 0.15) is 24.6 Å². The van der Waals surface area contributed by atoms with Crippen molar-refractivity contribution in [2.75, 3.05) is 19.8 Å². The highest BCUT2D eigenvalue weighted by atomic mass is 35.5. The molecule has 176 valence electrons. The molecule has 32 heavy (non-hydrogen) atoms. The third-order valence-corrected chi connectivity index (χ3v) is 6.12. The van der Waals surface area contributed by atoms with Crippen LogP contribution in [-0.2, 0) is 21.4 Å². The zero-order chi connectivity index (χ0) is 23.3. The predicted molar refractivity (Wildman–Crippen MR) is 119 cm³/mol. The van der Waals surface area contributed by atoms with Crippen molar-refractivity contribution >= 4 is 21.8 Å². The Balaban J connectivity index is 1.66. The van der Waals surface area contributed by atoms with Crippen molar-refractivity contribution in [2.45, 2.75) is 37.3 Å². The largest absolute Gasteiger partial charge is 0.492 e. The number of ether oxygens (including phenoxy) is 2. The van der Waals surface area contributed by atoms with Crippen molar-refractivity contribution in [1.82, 2.24) is 4.72 Å². The minimum absolute atomic E-state index is 0.0594. The molecule has 1 aliphatic heterocycles. The van der Waals surface area contributed by atoms with Crippen LogP contribution in [0.4, 0.5) is 0 Å². The van der Waals surface area contributed by atoms with Crippen LogP contribution in [0.3, 0.4) is 0 Å². The maximum absolute atomic E-state index is 10.8. The van der Waals surface area contributed by atoms with Crippen LogP contribution in [-0.4, -0.2) is 61.8 Å². The fourth-order valence-electron chi connectivity index (χ4n) is 3.53. The van der Waals surface area contributed by atoms with Gasteiger partial charge in [-0.1, -0.05) is 35.9 Å². The Morgan fingerprint density at radius 3 is 2.56 bits per heavy atom. The van der Waals surface area contributed by atoms with Gasteiger partial charge in [-0.15, -0.1) is 0 Å². The van der Waals surface area contributed by atoms with Gasteiger partial charge in [-0.25, -0.2) is 5.14 Å². The number of nitrogens with two attached hydrogens (primary N) is 1. The summed E-state index contributed by atoms with van der Waals surface area (Å²) in [6, 6.07) is 12.5. The van der Waals surface area contributed by atoms with E-state index in [9.17, 15) is 23.7 Å². The van der Waals surface area contributed by atoms with Crippen LogP contribution in [0, 0.1) is 0 Å². The molecular formula is C21H27ClN2O7S. The summed E-state index contributed by atoms with van der Waals surface area (Å²) in [5.41, 5.74) is 2.43. The van der Waals surface area contributed by atoms with Crippen molar-refractivity contribution in [3.8, 4) is 5.75 Å². The summed E-state index contributed by atoms with van der Waals surface area (Å²) in [5, 5.41) is 35.3. The van der Waals surface area contributed by atoms with E-state index in [1.54, 1.807) is 24.3 Å². The summed E-state index contributed by atoms with van der Waals surface area (Å²) in [5.74, 6) is 0.576. The normalized spacial score (nSPS) is 23.8. The third-order valence-electron chi connectivity index (χ3n) is 5.14. The summed E-state index contributed by atoms with van der Waals surface area (Å²) in [6.07, 6.45) is -2.74. The Bertz CT molecular complexity index is 1000. The van der Waals surface area contributed by atoms with Crippen molar-refractivity contribution < 1.29 is 33.2 Å². The SMILES string of the molecule is NS(=O)(=O)NCCOc1ccc(Cc2cc([C@@H]3O[C@H](CO)C[C@H](O)[C@H]3O)ccc2Cl)cc1. The number of nitrogens with one attached hydrogen (secondary N) is 1. The minimum Gasteiger partial charge on any atom is -0.492 e. The van der Waals surface area contributed by atoms with Gasteiger partial charge in [0.15, 0.2) is 0 Å². The molecule has 0 spiro atoms. The lowest BCUT2D eigenvalue weighted by molar-refractivity contribution is -0.179. The maximum Gasteiger partial charge on any atom is 0.274 e. The van der Waals surface area contributed by atoms with Crippen LogP contribution < -0.4 is 14.6 Å². The van der Waals surface area contributed by atoms with Crippen LogP contribution in [0.2, 0.25) is 5.02 Å². The van der Waals surface area contributed by atoms with E-state index in [1.165, 1.54) is 0 Å². The number of aliphatic hydroxyl groups is 3. The molecule has 1 aliphatic rings. The topological polar surface area (TPSA) is 151 Å².